The number of nitrogens with zero attached hydrogens (tertiary/aromatic N) is 1. The summed E-state index contributed by atoms with van der Waals surface area (Å²) in [6, 6.07) is 8.00. The summed E-state index contributed by atoms with van der Waals surface area (Å²) < 4.78 is 11.9. The first-order valence-electron chi connectivity index (χ1n) is 8.24. The van der Waals surface area contributed by atoms with E-state index in [0.29, 0.717) is 11.7 Å². The summed E-state index contributed by atoms with van der Waals surface area (Å²) in [5, 5.41) is 0. The highest BCUT2D eigenvalue weighted by Gasteiger charge is 2.25. The molecule has 0 radical (unpaired) electrons. The molecule has 1 aromatic heterocycles. The van der Waals surface area contributed by atoms with Crippen LogP contribution < -0.4 is 15.2 Å². The number of hydrogen-bond acceptors (Lipinski definition) is 4. The Morgan fingerprint density at radius 2 is 2.09 bits per heavy atom. The molecule has 0 amide bonds. The molecule has 0 saturated heterocycles. The van der Waals surface area contributed by atoms with E-state index in [1.165, 1.54) is 6.42 Å². The third-order valence-electron chi connectivity index (χ3n) is 4.17. The zero-order valence-electron chi connectivity index (χ0n) is 14.0. The topological polar surface area (TPSA) is 57.4 Å². The number of hydrogen-bond donors (Lipinski definition) is 1. The lowest BCUT2D eigenvalue weighted by atomic mass is 9.94. The van der Waals surface area contributed by atoms with Crippen LogP contribution in [0.2, 0.25) is 0 Å². The lowest BCUT2D eigenvalue weighted by Crippen LogP contribution is -2.14. The first-order chi connectivity index (χ1) is 11.1. The minimum Gasteiger partial charge on any atom is -0.493 e. The van der Waals surface area contributed by atoms with Crippen LogP contribution >= 0.6 is 0 Å². The number of ether oxygens (including phenoxy) is 2. The average molecular weight is 312 g/mol. The molecule has 0 aliphatic carbocycles. The SMILES string of the molecule is CC(C)CCCOc1ccc2c(c1)OC(C)c1c-2ccnc1N. The number of rotatable bonds is 5. The van der Waals surface area contributed by atoms with E-state index >= 15 is 0 Å². The molecule has 0 fully saturated rings. The lowest BCUT2D eigenvalue weighted by Gasteiger charge is -2.27. The molecule has 3 rings (SSSR count). The maximum Gasteiger partial charge on any atom is 0.131 e. The Labute approximate surface area is 137 Å². The molecule has 0 bridgehead atoms. The van der Waals surface area contributed by atoms with Crippen LogP contribution in [-0.4, -0.2) is 11.6 Å². The van der Waals surface area contributed by atoms with Gasteiger partial charge in [0.2, 0.25) is 0 Å². The van der Waals surface area contributed by atoms with Crippen LogP contribution in [0.3, 0.4) is 0 Å². The number of fused-ring (bicyclic) bond motifs is 3. The Kier molecular flexibility index (Phi) is 4.42. The summed E-state index contributed by atoms with van der Waals surface area (Å²) in [5.41, 5.74) is 9.11. The maximum absolute atomic E-state index is 6.02. The fourth-order valence-corrected chi connectivity index (χ4v) is 2.99. The molecule has 2 aromatic rings. The average Bonchev–Trinajstić information content (AvgIpc) is 2.51. The van der Waals surface area contributed by atoms with E-state index in [-0.39, 0.29) is 6.10 Å². The van der Waals surface area contributed by atoms with Crippen LogP contribution in [0.4, 0.5) is 5.82 Å². The van der Waals surface area contributed by atoms with E-state index in [4.69, 9.17) is 15.2 Å². The van der Waals surface area contributed by atoms with E-state index in [9.17, 15) is 0 Å². The molecular formula is C19H24N2O2. The van der Waals surface area contributed by atoms with Gasteiger partial charge in [-0.05, 0) is 49.4 Å². The molecule has 2 N–H and O–H groups in total. The molecule has 1 atom stereocenters. The van der Waals surface area contributed by atoms with Crippen molar-refractivity contribution in [1.29, 1.82) is 0 Å². The first-order valence-corrected chi connectivity index (χ1v) is 8.24. The fraction of sp³-hybridized carbons (Fsp3) is 0.421. The highest BCUT2D eigenvalue weighted by molar-refractivity contribution is 5.79. The second kappa shape index (κ2) is 6.49. The highest BCUT2D eigenvalue weighted by Crippen LogP contribution is 2.45. The fourth-order valence-electron chi connectivity index (χ4n) is 2.99. The zero-order valence-corrected chi connectivity index (χ0v) is 14.0. The summed E-state index contributed by atoms with van der Waals surface area (Å²) >= 11 is 0. The van der Waals surface area contributed by atoms with Gasteiger partial charge in [-0.15, -0.1) is 0 Å². The van der Waals surface area contributed by atoms with E-state index in [1.54, 1.807) is 6.20 Å². The smallest absolute Gasteiger partial charge is 0.131 e. The van der Waals surface area contributed by atoms with Crippen molar-refractivity contribution in [1.82, 2.24) is 4.98 Å². The summed E-state index contributed by atoms with van der Waals surface area (Å²) in [6.07, 6.45) is 3.88. The van der Waals surface area contributed by atoms with E-state index in [0.717, 1.165) is 41.2 Å². The summed E-state index contributed by atoms with van der Waals surface area (Å²) in [6.45, 7) is 7.19. The van der Waals surface area contributed by atoms with Crippen molar-refractivity contribution in [2.24, 2.45) is 5.92 Å². The molecule has 23 heavy (non-hydrogen) atoms. The van der Waals surface area contributed by atoms with E-state index in [2.05, 4.69) is 18.8 Å². The molecule has 2 heterocycles. The molecule has 4 heteroatoms. The highest BCUT2D eigenvalue weighted by atomic mass is 16.5. The van der Waals surface area contributed by atoms with Crippen LogP contribution in [-0.2, 0) is 0 Å². The molecular weight excluding hydrogens is 288 g/mol. The Hall–Kier alpha value is -2.23. The normalized spacial score (nSPS) is 15.7. The predicted octanol–water partition coefficient (Wildman–Crippen LogP) is 4.60. The third kappa shape index (κ3) is 3.26. The van der Waals surface area contributed by atoms with Gasteiger partial charge in [0.1, 0.15) is 23.4 Å². The lowest BCUT2D eigenvalue weighted by molar-refractivity contribution is 0.221. The minimum atomic E-state index is -0.109. The first kappa shape index (κ1) is 15.7. The van der Waals surface area contributed by atoms with E-state index < -0.39 is 0 Å². The molecule has 1 aromatic carbocycles. The third-order valence-corrected chi connectivity index (χ3v) is 4.17. The van der Waals surface area contributed by atoms with Crippen molar-refractivity contribution < 1.29 is 9.47 Å². The Bertz CT molecular complexity index is 698. The molecule has 1 aliphatic heterocycles. The van der Waals surface area contributed by atoms with Crippen molar-refractivity contribution in [3.8, 4) is 22.6 Å². The number of aromatic nitrogens is 1. The predicted molar refractivity (Wildman–Crippen MR) is 92.7 cm³/mol. The van der Waals surface area contributed by atoms with Crippen molar-refractivity contribution in [3.63, 3.8) is 0 Å². The largest absolute Gasteiger partial charge is 0.493 e. The maximum atomic E-state index is 6.02. The van der Waals surface area contributed by atoms with Crippen molar-refractivity contribution in [2.75, 3.05) is 12.3 Å². The van der Waals surface area contributed by atoms with Gasteiger partial charge in [0, 0.05) is 23.4 Å². The van der Waals surface area contributed by atoms with Gasteiger partial charge >= 0.3 is 0 Å². The van der Waals surface area contributed by atoms with Crippen LogP contribution in [0.5, 0.6) is 11.5 Å². The number of anilines is 1. The molecule has 0 saturated carbocycles. The quantitative estimate of drug-likeness (QED) is 0.820. The van der Waals surface area contributed by atoms with Gasteiger partial charge in [0.15, 0.2) is 0 Å². The standard InChI is InChI=1S/C19H24N2O2/c1-12(2)5-4-10-22-14-6-7-15-16-8-9-21-19(20)18(16)13(3)23-17(15)11-14/h6-9,11-13H,4-5,10H2,1-3H3,(H2,20,21). The summed E-state index contributed by atoms with van der Waals surface area (Å²) in [7, 11) is 0. The van der Waals surface area contributed by atoms with Crippen molar-refractivity contribution in [3.05, 3.63) is 36.0 Å². The summed E-state index contributed by atoms with van der Waals surface area (Å²) in [5.74, 6) is 2.94. The van der Waals surface area contributed by atoms with Crippen LogP contribution in [0.15, 0.2) is 30.5 Å². The van der Waals surface area contributed by atoms with Crippen molar-refractivity contribution >= 4 is 5.82 Å². The molecule has 122 valence electrons. The van der Waals surface area contributed by atoms with Gasteiger partial charge in [-0.3, -0.25) is 0 Å². The van der Waals surface area contributed by atoms with Gasteiger partial charge in [0.25, 0.3) is 0 Å². The molecule has 0 spiro atoms. The van der Waals surface area contributed by atoms with Gasteiger partial charge < -0.3 is 15.2 Å². The van der Waals surface area contributed by atoms with Gasteiger partial charge in [-0.2, -0.15) is 0 Å². The second-order valence-electron chi connectivity index (χ2n) is 6.46. The second-order valence-corrected chi connectivity index (χ2v) is 6.46. The monoisotopic (exact) mass is 312 g/mol. The van der Waals surface area contributed by atoms with Gasteiger partial charge in [0.05, 0.1) is 6.61 Å². The number of benzene rings is 1. The molecule has 4 nitrogen and oxygen atoms in total. The van der Waals surface area contributed by atoms with E-state index in [1.807, 2.05) is 31.2 Å². The zero-order chi connectivity index (χ0) is 16.4. The number of pyridine rings is 1. The van der Waals surface area contributed by atoms with Crippen LogP contribution in [0.1, 0.15) is 45.3 Å². The van der Waals surface area contributed by atoms with Crippen molar-refractivity contribution in [2.45, 2.75) is 39.7 Å². The Morgan fingerprint density at radius 1 is 1.26 bits per heavy atom. The van der Waals surface area contributed by atoms with Gasteiger partial charge in [-0.1, -0.05) is 13.8 Å². The van der Waals surface area contributed by atoms with Crippen LogP contribution in [0, 0.1) is 5.92 Å². The van der Waals surface area contributed by atoms with Gasteiger partial charge in [-0.25, -0.2) is 4.98 Å². The Morgan fingerprint density at radius 3 is 2.87 bits per heavy atom. The molecule has 1 aliphatic rings. The minimum absolute atomic E-state index is 0.109. The number of nitrogens with two attached hydrogens (primary N) is 1. The Balaban J connectivity index is 1.81. The molecule has 1 unspecified atom stereocenters. The number of nitrogen functional groups attached to an aromatic ring is 1. The summed E-state index contributed by atoms with van der Waals surface area (Å²) in [4.78, 5) is 4.17. The van der Waals surface area contributed by atoms with Crippen LogP contribution in [0.25, 0.3) is 11.1 Å².